The number of pyridine rings is 1. The Hall–Kier alpha value is -4.10. The summed E-state index contributed by atoms with van der Waals surface area (Å²) >= 11 is 5.97. The summed E-state index contributed by atoms with van der Waals surface area (Å²) in [5.74, 6) is 0.475. The zero-order valence-corrected chi connectivity index (χ0v) is 18.4. The molecule has 164 valence electrons. The number of carbonyl (C=O) groups is 1. The van der Waals surface area contributed by atoms with Crippen LogP contribution >= 0.6 is 11.6 Å². The molecule has 0 aliphatic rings. The third kappa shape index (κ3) is 3.83. The lowest BCUT2D eigenvalue weighted by Gasteiger charge is -2.10. The summed E-state index contributed by atoms with van der Waals surface area (Å²) in [6.07, 6.45) is 1.55. The molecular formula is C25H19ClN4O3. The Morgan fingerprint density at radius 2 is 1.88 bits per heavy atom. The van der Waals surface area contributed by atoms with Gasteiger partial charge in [-0.25, -0.2) is 4.68 Å². The van der Waals surface area contributed by atoms with E-state index in [4.69, 9.17) is 16.3 Å². The Morgan fingerprint density at radius 3 is 2.67 bits per heavy atom. The van der Waals surface area contributed by atoms with Gasteiger partial charge in [-0.05, 0) is 48.5 Å². The first-order chi connectivity index (χ1) is 16.0. The minimum atomic E-state index is -0.237. The highest BCUT2D eigenvalue weighted by Gasteiger charge is 2.14. The van der Waals surface area contributed by atoms with Crippen molar-refractivity contribution in [2.75, 3.05) is 7.11 Å². The summed E-state index contributed by atoms with van der Waals surface area (Å²) in [5.41, 5.74) is 3.05. The van der Waals surface area contributed by atoms with Gasteiger partial charge in [0.15, 0.2) is 0 Å². The minimum Gasteiger partial charge on any atom is -0.496 e. The van der Waals surface area contributed by atoms with Crippen molar-refractivity contribution >= 4 is 39.3 Å². The third-order valence-corrected chi connectivity index (χ3v) is 5.76. The van der Waals surface area contributed by atoms with E-state index < -0.39 is 0 Å². The first-order valence-electron chi connectivity index (χ1n) is 10.2. The van der Waals surface area contributed by atoms with E-state index >= 15 is 0 Å². The van der Waals surface area contributed by atoms with Crippen molar-refractivity contribution < 1.29 is 9.53 Å². The van der Waals surface area contributed by atoms with Crippen LogP contribution in [0.1, 0.15) is 15.9 Å². The Kier molecular flexibility index (Phi) is 5.32. The molecule has 3 aromatic carbocycles. The molecule has 1 amide bonds. The lowest BCUT2D eigenvalue weighted by molar-refractivity contribution is 0.0951. The van der Waals surface area contributed by atoms with Gasteiger partial charge in [0.05, 0.1) is 29.2 Å². The summed E-state index contributed by atoms with van der Waals surface area (Å²) in [6.45, 7) is 0.326. The summed E-state index contributed by atoms with van der Waals surface area (Å²) in [4.78, 5) is 30.2. The number of ether oxygens (including phenoxy) is 1. The molecule has 0 radical (unpaired) electrons. The molecular weight excluding hydrogens is 440 g/mol. The van der Waals surface area contributed by atoms with E-state index in [1.165, 1.54) is 4.68 Å². The van der Waals surface area contributed by atoms with E-state index in [2.05, 4.69) is 15.4 Å². The molecule has 8 heteroatoms. The van der Waals surface area contributed by atoms with E-state index in [9.17, 15) is 9.59 Å². The number of aromatic nitrogens is 3. The van der Waals surface area contributed by atoms with Gasteiger partial charge in [0.2, 0.25) is 0 Å². The lowest BCUT2D eigenvalue weighted by atomic mass is 10.1. The summed E-state index contributed by atoms with van der Waals surface area (Å²) in [6, 6.07) is 19.7. The van der Waals surface area contributed by atoms with Crippen LogP contribution in [0.5, 0.6) is 5.75 Å². The Morgan fingerprint density at radius 1 is 1.09 bits per heavy atom. The number of fused-ring (bicyclic) bond motifs is 3. The van der Waals surface area contributed by atoms with Crippen LogP contribution in [0.2, 0.25) is 5.02 Å². The van der Waals surface area contributed by atoms with E-state index in [1.54, 1.807) is 55.8 Å². The van der Waals surface area contributed by atoms with Crippen LogP contribution in [0.3, 0.4) is 0 Å². The summed E-state index contributed by atoms with van der Waals surface area (Å²) in [7, 11) is 1.60. The van der Waals surface area contributed by atoms with E-state index in [0.29, 0.717) is 50.4 Å². The number of carbonyl (C=O) groups excluding carboxylic acids is 1. The first-order valence-corrected chi connectivity index (χ1v) is 10.6. The van der Waals surface area contributed by atoms with Crippen LogP contribution in [0.15, 0.2) is 77.7 Å². The van der Waals surface area contributed by atoms with Crippen molar-refractivity contribution in [3.63, 3.8) is 0 Å². The van der Waals surface area contributed by atoms with Crippen LogP contribution in [0, 0.1) is 0 Å². The second kappa shape index (κ2) is 8.44. The molecule has 0 aliphatic carbocycles. The number of methoxy groups -OCH3 is 1. The van der Waals surface area contributed by atoms with Crippen LogP contribution in [-0.2, 0) is 6.54 Å². The fourth-order valence-electron chi connectivity index (χ4n) is 3.80. The first kappa shape index (κ1) is 20.8. The van der Waals surface area contributed by atoms with Gasteiger partial charge in [-0.3, -0.25) is 19.7 Å². The van der Waals surface area contributed by atoms with E-state index in [-0.39, 0.29) is 11.5 Å². The van der Waals surface area contributed by atoms with E-state index in [0.717, 1.165) is 5.56 Å². The fourth-order valence-corrected chi connectivity index (χ4v) is 3.92. The van der Waals surface area contributed by atoms with Gasteiger partial charge in [0.1, 0.15) is 5.75 Å². The van der Waals surface area contributed by atoms with Crippen LogP contribution < -0.4 is 15.6 Å². The Balaban J connectivity index is 1.51. The quantitative estimate of drug-likeness (QED) is 0.407. The van der Waals surface area contributed by atoms with Crippen molar-refractivity contribution in [2.45, 2.75) is 6.54 Å². The number of nitrogens with zero attached hydrogens (tertiary/aromatic N) is 2. The van der Waals surface area contributed by atoms with Crippen LogP contribution in [0.4, 0.5) is 0 Å². The van der Waals surface area contributed by atoms with Crippen molar-refractivity contribution in [1.82, 2.24) is 20.1 Å². The molecule has 33 heavy (non-hydrogen) atoms. The van der Waals surface area contributed by atoms with Crippen molar-refractivity contribution in [1.29, 1.82) is 0 Å². The number of amides is 1. The van der Waals surface area contributed by atoms with Gasteiger partial charge in [0.25, 0.3) is 11.5 Å². The standard InChI is InChI=1S/C25H19ClN4O3/c1-33-22-5-3-2-4-16(22)13-28-24(31)15-6-11-21-19(12-15)23-20(14-27-21)25(32)30(29-23)18-9-7-17(26)8-10-18/h2-12,14,29H,13H2,1H3,(H,28,31). The number of aromatic amines is 1. The van der Waals surface area contributed by atoms with Gasteiger partial charge in [-0.1, -0.05) is 29.8 Å². The topological polar surface area (TPSA) is 89.0 Å². The molecule has 2 heterocycles. The smallest absolute Gasteiger partial charge is 0.280 e. The molecule has 0 spiro atoms. The van der Waals surface area contributed by atoms with Gasteiger partial charge < -0.3 is 10.1 Å². The number of para-hydroxylation sites is 1. The average molecular weight is 459 g/mol. The number of hydrogen-bond donors (Lipinski definition) is 2. The molecule has 0 unspecified atom stereocenters. The zero-order chi connectivity index (χ0) is 22.9. The highest BCUT2D eigenvalue weighted by atomic mass is 35.5. The second-order valence-electron chi connectivity index (χ2n) is 7.50. The molecule has 0 saturated heterocycles. The van der Waals surface area contributed by atoms with Crippen molar-refractivity contribution in [3.8, 4) is 11.4 Å². The maximum Gasteiger partial charge on any atom is 0.280 e. The number of nitrogens with one attached hydrogen (secondary N) is 2. The predicted octanol–water partition coefficient (Wildman–Crippen LogP) is 4.46. The molecule has 2 N–H and O–H groups in total. The second-order valence-corrected chi connectivity index (χ2v) is 7.94. The molecule has 2 aromatic heterocycles. The average Bonchev–Trinajstić information content (AvgIpc) is 3.19. The maximum atomic E-state index is 13.0. The monoisotopic (exact) mass is 458 g/mol. The minimum absolute atomic E-state index is 0.229. The Bertz CT molecular complexity index is 1550. The Labute approximate surface area is 193 Å². The fraction of sp³-hybridized carbons (Fsp3) is 0.0800. The molecule has 0 fully saturated rings. The van der Waals surface area contributed by atoms with Gasteiger partial charge in [-0.15, -0.1) is 0 Å². The summed E-state index contributed by atoms with van der Waals surface area (Å²) < 4.78 is 6.78. The normalized spacial score (nSPS) is 11.1. The predicted molar refractivity (Wildman–Crippen MR) is 128 cm³/mol. The van der Waals surface area contributed by atoms with Crippen LogP contribution in [-0.4, -0.2) is 27.8 Å². The van der Waals surface area contributed by atoms with Crippen molar-refractivity contribution in [2.24, 2.45) is 0 Å². The highest BCUT2D eigenvalue weighted by Crippen LogP contribution is 2.23. The van der Waals surface area contributed by atoms with Gasteiger partial charge in [0, 0.05) is 34.3 Å². The number of rotatable bonds is 5. The molecule has 5 rings (SSSR count). The largest absolute Gasteiger partial charge is 0.496 e. The third-order valence-electron chi connectivity index (χ3n) is 5.50. The number of halogens is 1. The summed E-state index contributed by atoms with van der Waals surface area (Å²) in [5, 5.41) is 7.78. The highest BCUT2D eigenvalue weighted by molar-refractivity contribution is 6.30. The zero-order valence-electron chi connectivity index (χ0n) is 17.6. The molecule has 7 nitrogen and oxygen atoms in total. The molecule has 0 atom stereocenters. The maximum absolute atomic E-state index is 13.0. The van der Waals surface area contributed by atoms with Gasteiger partial charge >= 0.3 is 0 Å². The molecule has 0 bridgehead atoms. The molecule has 0 saturated carbocycles. The number of H-pyrrole nitrogens is 1. The van der Waals surface area contributed by atoms with E-state index in [1.807, 2.05) is 24.3 Å². The molecule has 5 aromatic rings. The van der Waals surface area contributed by atoms with Gasteiger partial charge in [-0.2, -0.15) is 0 Å². The lowest BCUT2D eigenvalue weighted by Crippen LogP contribution is -2.23. The SMILES string of the molecule is COc1ccccc1CNC(=O)c1ccc2ncc3c(=O)n(-c4ccc(Cl)cc4)[nH]c3c2c1. The van der Waals surface area contributed by atoms with Crippen molar-refractivity contribution in [3.05, 3.63) is 99.4 Å². The molecule has 0 aliphatic heterocycles. The van der Waals surface area contributed by atoms with Crippen LogP contribution in [0.25, 0.3) is 27.5 Å². The number of benzene rings is 3. The number of hydrogen-bond acceptors (Lipinski definition) is 4.